The van der Waals surface area contributed by atoms with Crippen LogP contribution in [0.1, 0.15) is 5.56 Å². The standard InChI is InChI=1S/C16H13BClNO/c18-13-2-4-16-12(9-13)6-8-19(16)14-3-1-11-5-7-17(20)15(11)10-14/h1-4,6,8-10,20H,5,7H2. The topological polar surface area (TPSA) is 25.2 Å². The van der Waals surface area contributed by atoms with E-state index in [1.165, 1.54) is 5.56 Å². The van der Waals surface area contributed by atoms with Gasteiger partial charge in [0, 0.05) is 22.3 Å². The number of nitrogens with zero attached hydrogens (tertiary/aromatic N) is 1. The number of halogens is 1. The van der Waals surface area contributed by atoms with Crippen LogP contribution in [0.25, 0.3) is 16.6 Å². The van der Waals surface area contributed by atoms with Crippen molar-refractivity contribution in [3.05, 3.63) is 59.2 Å². The summed E-state index contributed by atoms with van der Waals surface area (Å²) in [6, 6.07) is 14.3. The van der Waals surface area contributed by atoms with E-state index in [1.807, 2.05) is 24.4 Å². The quantitative estimate of drug-likeness (QED) is 0.682. The van der Waals surface area contributed by atoms with Crippen molar-refractivity contribution in [1.29, 1.82) is 0 Å². The Morgan fingerprint density at radius 3 is 2.90 bits per heavy atom. The predicted molar refractivity (Wildman–Crippen MR) is 84.4 cm³/mol. The smallest absolute Gasteiger partial charge is 0.324 e. The first-order valence-corrected chi connectivity index (χ1v) is 7.18. The van der Waals surface area contributed by atoms with E-state index in [0.29, 0.717) is 0 Å². The Morgan fingerprint density at radius 1 is 1.10 bits per heavy atom. The van der Waals surface area contributed by atoms with Gasteiger partial charge in [-0.05, 0) is 54.6 Å². The minimum Gasteiger partial charge on any atom is -0.446 e. The maximum absolute atomic E-state index is 10.0. The van der Waals surface area contributed by atoms with E-state index in [0.717, 1.165) is 39.8 Å². The zero-order chi connectivity index (χ0) is 13.7. The van der Waals surface area contributed by atoms with Crippen LogP contribution in [-0.2, 0) is 6.42 Å². The molecule has 1 aliphatic rings. The SMILES string of the molecule is OB1CCc2ccc(-n3ccc4cc(Cl)ccc43)cc21. The second-order valence-corrected chi connectivity index (χ2v) is 5.76. The highest BCUT2D eigenvalue weighted by Gasteiger charge is 2.25. The molecule has 0 saturated carbocycles. The molecule has 1 aliphatic heterocycles. The summed E-state index contributed by atoms with van der Waals surface area (Å²) < 4.78 is 2.14. The Balaban J connectivity index is 1.89. The van der Waals surface area contributed by atoms with Crippen molar-refractivity contribution < 1.29 is 5.02 Å². The van der Waals surface area contributed by atoms with Crippen molar-refractivity contribution in [2.75, 3.05) is 0 Å². The molecule has 4 heteroatoms. The molecule has 20 heavy (non-hydrogen) atoms. The second-order valence-electron chi connectivity index (χ2n) is 5.33. The maximum atomic E-state index is 10.0. The predicted octanol–water partition coefficient (Wildman–Crippen LogP) is 3.03. The van der Waals surface area contributed by atoms with Crippen molar-refractivity contribution in [2.45, 2.75) is 12.7 Å². The van der Waals surface area contributed by atoms with Crippen molar-refractivity contribution in [2.24, 2.45) is 0 Å². The molecule has 0 unspecified atom stereocenters. The van der Waals surface area contributed by atoms with Crippen molar-refractivity contribution in [3.8, 4) is 5.69 Å². The summed E-state index contributed by atoms with van der Waals surface area (Å²) in [5, 5.41) is 11.9. The number of hydrogen-bond acceptors (Lipinski definition) is 1. The Labute approximate surface area is 122 Å². The molecule has 0 atom stereocenters. The molecule has 0 saturated heterocycles. The number of aryl methyl sites for hydroxylation is 1. The maximum Gasteiger partial charge on any atom is 0.324 e. The molecule has 1 aromatic heterocycles. The van der Waals surface area contributed by atoms with E-state index in [4.69, 9.17) is 11.6 Å². The van der Waals surface area contributed by atoms with E-state index in [9.17, 15) is 5.02 Å². The van der Waals surface area contributed by atoms with Gasteiger partial charge in [-0.25, -0.2) is 0 Å². The van der Waals surface area contributed by atoms with Gasteiger partial charge in [0.15, 0.2) is 0 Å². The summed E-state index contributed by atoms with van der Waals surface area (Å²) in [4.78, 5) is 0. The second kappa shape index (κ2) is 4.40. The average Bonchev–Trinajstić information content (AvgIpc) is 3.02. The van der Waals surface area contributed by atoms with Gasteiger partial charge in [0.1, 0.15) is 0 Å². The molecule has 1 N–H and O–H groups in total. The first-order chi connectivity index (χ1) is 9.72. The van der Waals surface area contributed by atoms with Gasteiger partial charge in [0.2, 0.25) is 0 Å². The fourth-order valence-corrected chi connectivity index (χ4v) is 3.24. The Kier molecular flexibility index (Phi) is 2.66. The molecular formula is C16H13BClNO. The lowest BCUT2D eigenvalue weighted by Gasteiger charge is -2.09. The van der Waals surface area contributed by atoms with Gasteiger partial charge >= 0.3 is 6.92 Å². The monoisotopic (exact) mass is 281 g/mol. The van der Waals surface area contributed by atoms with E-state index in [1.54, 1.807) is 0 Å². The Hall–Kier alpha value is -1.71. The summed E-state index contributed by atoms with van der Waals surface area (Å²) in [7, 11) is 0. The van der Waals surface area contributed by atoms with Gasteiger partial charge in [-0.1, -0.05) is 23.2 Å². The van der Waals surface area contributed by atoms with Crippen LogP contribution in [0.2, 0.25) is 11.3 Å². The first kappa shape index (κ1) is 12.1. The summed E-state index contributed by atoms with van der Waals surface area (Å²) in [5.41, 5.74) is 4.54. The summed E-state index contributed by atoms with van der Waals surface area (Å²) in [6.45, 7) is -0.318. The highest BCUT2D eigenvalue weighted by molar-refractivity contribution is 6.68. The van der Waals surface area contributed by atoms with Crippen molar-refractivity contribution in [1.82, 2.24) is 4.57 Å². The van der Waals surface area contributed by atoms with E-state index in [-0.39, 0.29) is 6.92 Å². The highest BCUT2D eigenvalue weighted by Crippen LogP contribution is 2.24. The summed E-state index contributed by atoms with van der Waals surface area (Å²) in [5.74, 6) is 0. The van der Waals surface area contributed by atoms with Crippen LogP contribution < -0.4 is 5.46 Å². The van der Waals surface area contributed by atoms with Crippen molar-refractivity contribution in [3.63, 3.8) is 0 Å². The van der Waals surface area contributed by atoms with Crippen molar-refractivity contribution >= 4 is 34.9 Å². The van der Waals surface area contributed by atoms with Crippen LogP contribution in [0, 0.1) is 0 Å². The number of aromatic nitrogens is 1. The largest absolute Gasteiger partial charge is 0.446 e. The van der Waals surface area contributed by atoms with Gasteiger partial charge in [-0.3, -0.25) is 0 Å². The number of fused-ring (bicyclic) bond motifs is 2. The lowest BCUT2D eigenvalue weighted by molar-refractivity contribution is 0.587. The van der Waals surface area contributed by atoms with E-state index >= 15 is 0 Å². The van der Waals surface area contributed by atoms with Crippen LogP contribution in [0.5, 0.6) is 0 Å². The van der Waals surface area contributed by atoms with E-state index < -0.39 is 0 Å². The van der Waals surface area contributed by atoms with Gasteiger partial charge < -0.3 is 9.59 Å². The fourth-order valence-electron chi connectivity index (χ4n) is 3.06. The minimum absolute atomic E-state index is 0.318. The Morgan fingerprint density at radius 2 is 2.00 bits per heavy atom. The highest BCUT2D eigenvalue weighted by atomic mass is 35.5. The van der Waals surface area contributed by atoms with Gasteiger partial charge in [0.05, 0.1) is 5.52 Å². The zero-order valence-electron chi connectivity index (χ0n) is 10.9. The molecule has 4 rings (SSSR count). The number of rotatable bonds is 1. The number of hydrogen-bond donors (Lipinski definition) is 1. The minimum atomic E-state index is -0.318. The molecule has 3 aromatic rings. The summed E-state index contributed by atoms with van der Waals surface area (Å²) in [6.07, 6.45) is 3.85. The molecule has 98 valence electrons. The molecule has 0 amide bonds. The molecule has 2 aromatic carbocycles. The van der Waals surface area contributed by atoms with Gasteiger partial charge in [-0.15, -0.1) is 0 Å². The van der Waals surface area contributed by atoms with Crippen LogP contribution in [0.3, 0.4) is 0 Å². The first-order valence-electron chi connectivity index (χ1n) is 6.80. The molecular weight excluding hydrogens is 268 g/mol. The summed E-state index contributed by atoms with van der Waals surface area (Å²) >= 11 is 6.03. The number of benzene rings is 2. The molecule has 0 spiro atoms. The third-order valence-electron chi connectivity index (χ3n) is 4.11. The molecule has 0 radical (unpaired) electrons. The molecule has 0 fully saturated rings. The van der Waals surface area contributed by atoms with Crippen LogP contribution in [0.4, 0.5) is 0 Å². The van der Waals surface area contributed by atoms with E-state index in [2.05, 4.69) is 28.8 Å². The van der Waals surface area contributed by atoms with Gasteiger partial charge in [-0.2, -0.15) is 0 Å². The average molecular weight is 282 g/mol. The third-order valence-corrected chi connectivity index (χ3v) is 4.34. The van der Waals surface area contributed by atoms with Crippen LogP contribution >= 0.6 is 11.6 Å². The lowest BCUT2D eigenvalue weighted by Crippen LogP contribution is -2.26. The molecule has 0 bridgehead atoms. The molecule has 2 heterocycles. The molecule has 0 aliphatic carbocycles. The van der Waals surface area contributed by atoms with Gasteiger partial charge in [0.25, 0.3) is 0 Å². The normalized spacial score (nSPS) is 14.0. The third kappa shape index (κ3) is 1.78. The molecule has 2 nitrogen and oxygen atoms in total. The zero-order valence-corrected chi connectivity index (χ0v) is 11.6. The Bertz CT molecular complexity index is 811. The fraction of sp³-hybridized carbons (Fsp3) is 0.125. The van der Waals surface area contributed by atoms with Crippen LogP contribution in [0.15, 0.2) is 48.7 Å². The lowest BCUT2D eigenvalue weighted by atomic mass is 9.63. The van der Waals surface area contributed by atoms with Crippen LogP contribution in [-0.4, -0.2) is 16.5 Å².